The maximum Gasteiger partial charge on any atom is 0.269 e. The molecule has 31 heavy (non-hydrogen) atoms. The smallest absolute Gasteiger partial charge is 0.269 e. The van der Waals surface area contributed by atoms with Crippen molar-refractivity contribution in [1.82, 2.24) is 19.8 Å². The van der Waals surface area contributed by atoms with Crippen molar-refractivity contribution >= 4 is 34.1 Å². The van der Waals surface area contributed by atoms with Gasteiger partial charge in [0.15, 0.2) is 0 Å². The Hall–Kier alpha value is -3.46. The third kappa shape index (κ3) is 3.61. The Kier molecular flexibility index (Phi) is 4.82. The van der Waals surface area contributed by atoms with E-state index in [-0.39, 0.29) is 11.6 Å². The predicted molar refractivity (Wildman–Crippen MR) is 116 cm³/mol. The van der Waals surface area contributed by atoms with Crippen molar-refractivity contribution < 1.29 is 14.0 Å². The summed E-state index contributed by atoms with van der Waals surface area (Å²) in [5.41, 5.74) is 3.55. The van der Waals surface area contributed by atoms with Gasteiger partial charge in [-0.2, -0.15) is 4.39 Å². The number of pyridine rings is 1. The van der Waals surface area contributed by atoms with Crippen LogP contribution in [0.25, 0.3) is 10.9 Å². The van der Waals surface area contributed by atoms with E-state index in [1.807, 2.05) is 27.8 Å². The molecule has 1 saturated heterocycles. The second-order valence-corrected chi connectivity index (χ2v) is 7.92. The lowest BCUT2D eigenvalue weighted by atomic mass is 10.1. The fourth-order valence-electron chi connectivity index (χ4n) is 4.40. The maximum absolute atomic E-state index is 14.5. The van der Waals surface area contributed by atoms with Crippen LogP contribution in [0.3, 0.4) is 0 Å². The average Bonchev–Trinajstić information content (AvgIpc) is 3.17. The largest absolute Gasteiger partial charge is 0.365 e. The highest BCUT2D eigenvalue weighted by Gasteiger charge is 2.23. The molecular weight excluding hydrogens is 399 g/mol. The van der Waals surface area contributed by atoms with E-state index in [4.69, 9.17) is 0 Å². The van der Waals surface area contributed by atoms with Gasteiger partial charge in [-0.25, -0.2) is 4.98 Å². The summed E-state index contributed by atoms with van der Waals surface area (Å²) in [5, 5.41) is 6.55. The average molecular weight is 422 g/mol. The highest BCUT2D eigenvalue weighted by Crippen LogP contribution is 2.30. The van der Waals surface area contributed by atoms with Crippen LogP contribution in [0, 0.1) is 5.95 Å². The van der Waals surface area contributed by atoms with Crippen LogP contribution >= 0.6 is 0 Å². The molecule has 0 atom stereocenters. The van der Waals surface area contributed by atoms with E-state index in [1.54, 1.807) is 12.1 Å². The fourth-order valence-corrected chi connectivity index (χ4v) is 4.40. The van der Waals surface area contributed by atoms with E-state index in [9.17, 15) is 14.0 Å². The number of benzene rings is 1. The van der Waals surface area contributed by atoms with Gasteiger partial charge in [0, 0.05) is 51.4 Å². The third-order valence-corrected chi connectivity index (χ3v) is 5.92. The van der Waals surface area contributed by atoms with Gasteiger partial charge in [-0.15, -0.1) is 0 Å². The molecule has 0 aliphatic carbocycles. The molecule has 0 spiro atoms. The molecule has 2 aliphatic heterocycles. The van der Waals surface area contributed by atoms with Crippen molar-refractivity contribution in [3.05, 3.63) is 53.7 Å². The number of hydrogen-bond donors (Lipinski definition) is 2. The molecule has 2 aromatic heterocycles. The van der Waals surface area contributed by atoms with E-state index in [0.29, 0.717) is 25.3 Å². The van der Waals surface area contributed by atoms with E-state index in [2.05, 4.69) is 26.6 Å². The van der Waals surface area contributed by atoms with Crippen LogP contribution < -0.4 is 15.5 Å². The van der Waals surface area contributed by atoms with E-state index < -0.39 is 11.9 Å². The van der Waals surface area contributed by atoms with E-state index in [1.165, 1.54) is 7.05 Å². The van der Waals surface area contributed by atoms with Gasteiger partial charge >= 0.3 is 0 Å². The number of aromatic nitrogens is 2. The summed E-state index contributed by atoms with van der Waals surface area (Å²) in [7, 11) is 1.49. The Morgan fingerprint density at radius 1 is 1.19 bits per heavy atom. The van der Waals surface area contributed by atoms with Crippen molar-refractivity contribution in [3.8, 4) is 0 Å². The number of piperazine rings is 1. The Labute approximate surface area is 178 Å². The number of hydrogen-bond acceptors (Lipinski definition) is 5. The van der Waals surface area contributed by atoms with Crippen molar-refractivity contribution in [2.45, 2.75) is 13.1 Å². The topological polar surface area (TPSA) is 82.5 Å². The first-order valence-electron chi connectivity index (χ1n) is 10.3. The molecule has 0 radical (unpaired) electrons. The summed E-state index contributed by atoms with van der Waals surface area (Å²) >= 11 is 0. The minimum atomic E-state index is -0.626. The molecule has 2 N–H and O–H groups in total. The normalized spacial score (nSPS) is 16.5. The number of halogens is 1. The molecule has 0 saturated carbocycles. The number of carbonyl (C=O) groups excluding carboxylic acids is 2. The molecule has 160 valence electrons. The van der Waals surface area contributed by atoms with Crippen LogP contribution in [-0.4, -0.2) is 59.5 Å². The molecule has 2 amide bonds. The van der Waals surface area contributed by atoms with Crippen LogP contribution in [0.2, 0.25) is 0 Å². The lowest BCUT2D eigenvalue weighted by Crippen LogP contribution is -2.46. The van der Waals surface area contributed by atoms with Gasteiger partial charge in [0.2, 0.25) is 11.9 Å². The van der Waals surface area contributed by atoms with Gasteiger partial charge in [0.05, 0.1) is 16.9 Å². The van der Waals surface area contributed by atoms with Crippen molar-refractivity contribution in [3.63, 3.8) is 0 Å². The van der Waals surface area contributed by atoms with Gasteiger partial charge in [-0.3, -0.25) is 14.5 Å². The molecular formula is C22H23FN6O2. The van der Waals surface area contributed by atoms with Gasteiger partial charge < -0.3 is 20.1 Å². The number of nitrogens with zero attached hydrogens (tertiary/aromatic N) is 4. The summed E-state index contributed by atoms with van der Waals surface area (Å²) in [6, 6.07) is 9.42. The predicted octanol–water partition coefficient (Wildman–Crippen LogP) is 1.81. The van der Waals surface area contributed by atoms with Crippen LogP contribution in [0.1, 0.15) is 16.1 Å². The quantitative estimate of drug-likeness (QED) is 0.627. The standard InChI is InChI=1S/C22H23FN6O2/c1-24-22(31)16-2-3-18(21(23)26-16)28-8-6-27(7-9-28)12-14-10-15-4-5-29-13-19(30)25-17(11-14)20(15)29/h2-5,10-11H,6-9,12-13H2,1H3,(H,24,31)(H,25,30). The molecule has 9 heteroatoms. The number of carbonyl (C=O) groups is 2. The Morgan fingerprint density at radius 2 is 2.00 bits per heavy atom. The van der Waals surface area contributed by atoms with E-state index in [0.717, 1.165) is 41.8 Å². The minimum absolute atomic E-state index is 0.00571. The second kappa shape index (κ2) is 7.66. The zero-order valence-electron chi connectivity index (χ0n) is 17.2. The van der Waals surface area contributed by atoms with Crippen LogP contribution in [0.5, 0.6) is 0 Å². The van der Waals surface area contributed by atoms with Crippen LogP contribution in [-0.2, 0) is 17.9 Å². The minimum Gasteiger partial charge on any atom is -0.365 e. The monoisotopic (exact) mass is 422 g/mol. The summed E-state index contributed by atoms with van der Waals surface area (Å²) in [6.45, 7) is 4.00. The maximum atomic E-state index is 14.5. The molecule has 8 nitrogen and oxygen atoms in total. The lowest BCUT2D eigenvalue weighted by Gasteiger charge is -2.36. The summed E-state index contributed by atoms with van der Waals surface area (Å²) < 4.78 is 16.4. The number of nitrogens with one attached hydrogen (secondary N) is 2. The van der Waals surface area contributed by atoms with Crippen molar-refractivity contribution in [2.75, 3.05) is 43.4 Å². The van der Waals surface area contributed by atoms with Gasteiger partial charge in [-0.05, 0) is 35.9 Å². The molecule has 0 bridgehead atoms. The molecule has 3 aromatic rings. The first kappa shape index (κ1) is 19.5. The fraction of sp³-hybridized carbons (Fsp3) is 0.318. The van der Waals surface area contributed by atoms with Crippen molar-refractivity contribution in [2.24, 2.45) is 0 Å². The van der Waals surface area contributed by atoms with E-state index >= 15 is 0 Å². The number of anilines is 2. The van der Waals surface area contributed by atoms with Crippen molar-refractivity contribution in [1.29, 1.82) is 0 Å². The Bertz CT molecular complexity index is 1180. The second-order valence-electron chi connectivity index (χ2n) is 7.92. The molecule has 0 unspecified atom stereocenters. The summed E-state index contributed by atoms with van der Waals surface area (Å²) in [5.74, 6) is -1.04. The zero-order chi connectivity index (χ0) is 21.5. The Balaban J connectivity index is 1.27. The molecule has 5 rings (SSSR count). The van der Waals surface area contributed by atoms with Gasteiger partial charge in [-0.1, -0.05) is 0 Å². The first-order chi connectivity index (χ1) is 15.0. The van der Waals surface area contributed by atoms with Crippen LogP contribution in [0.4, 0.5) is 15.8 Å². The first-order valence-corrected chi connectivity index (χ1v) is 10.3. The lowest BCUT2D eigenvalue weighted by molar-refractivity contribution is -0.116. The summed E-state index contributed by atoms with van der Waals surface area (Å²) in [6.07, 6.45) is 1.95. The zero-order valence-corrected chi connectivity index (χ0v) is 17.2. The van der Waals surface area contributed by atoms with Gasteiger partial charge in [0.1, 0.15) is 12.2 Å². The summed E-state index contributed by atoms with van der Waals surface area (Å²) in [4.78, 5) is 31.6. The highest BCUT2D eigenvalue weighted by molar-refractivity contribution is 6.04. The highest BCUT2D eigenvalue weighted by atomic mass is 19.1. The molecule has 1 fully saturated rings. The third-order valence-electron chi connectivity index (χ3n) is 5.92. The SMILES string of the molecule is CNC(=O)c1ccc(N2CCN(Cc3cc4c5c(ccn5CC(=O)N4)c3)CC2)c(F)n1. The number of amides is 2. The van der Waals surface area contributed by atoms with Gasteiger partial charge in [0.25, 0.3) is 5.91 Å². The molecule has 1 aromatic carbocycles. The van der Waals surface area contributed by atoms with Crippen LogP contribution in [0.15, 0.2) is 36.5 Å². The number of rotatable bonds is 4. The molecule has 2 aliphatic rings. The Morgan fingerprint density at radius 3 is 2.74 bits per heavy atom. The molecule has 4 heterocycles.